The maximum atomic E-state index is 13.2. The number of halogens is 2. The highest BCUT2D eigenvalue weighted by Gasteiger charge is 2.33. The Labute approximate surface area is 129 Å². The summed E-state index contributed by atoms with van der Waals surface area (Å²) in [7, 11) is 0. The van der Waals surface area contributed by atoms with Gasteiger partial charge >= 0.3 is 0 Å². The molecule has 2 heterocycles. The topological polar surface area (TPSA) is 21.1 Å². The highest BCUT2D eigenvalue weighted by Crippen LogP contribution is 2.28. The van der Waals surface area contributed by atoms with Crippen LogP contribution in [0.5, 0.6) is 0 Å². The van der Waals surface area contributed by atoms with Crippen LogP contribution < -0.4 is 0 Å². The summed E-state index contributed by atoms with van der Waals surface area (Å²) in [5.41, 5.74) is 4.23. The summed E-state index contributed by atoms with van der Waals surface area (Å²) in [6, 6.07) is 10.2. The zero-order valence-corrected chi connectivity index (χ0v) is 13.0. The fraction of sp³-hybridized carbons (Fsp3) is 0.471. The highest BCUT2D eigenvalue weighted by molar-refractivity contribution is 5.37. The van der Waals surface area contributed by atoms with Crippen LogP contribution in [0.3, 0.4) is 0 Å². The molecule has 0 spiro atoms. The number of aryl methyl sites for hydroxylation is 2. The lowest BCUT2D eigenvalue weighted by atomic mass is 10.1. The minimum Gasteiger partial charge on any atom is -0.299 e. The normalized spacial score (nSPS) is 18.5. The molecule has 2 aromatic rings. The van der Waals surface area contributed by atoms with Gasteiger partial charge in [0.05, 0.1) is 11.4 Å². The van der Waals surface area contributed by atoms with Crippen molar-refractivity contribution in [1.29, 1.82) is 0 Å². The number of piperidine rings is 1. The summed E-state index contributed by atoms with van der Waals surface area (Å²) in [6.07, 6.45) is -0.0751. The van der Waals surface area contributed by atoms with E-state index in [0.29, 0.717) is 19.6 Å². The van der Waals surface area contributed by atoms with Crippen LogP contribution in [-0.4, -0.2) is 33.7 Å². The van der Waals surface area contributed by atoms with E-state index in [1.807, 2.05) is 42.8 Å². The molecule has 1 aromatic heterocycles. The number of aromatic nitrogens is 2. The average Bonchev–Trinajstić information content (AvgIpc) is 2.80. The molecule has 1 aliphatic heterocycles. The second-order valence-corrected chi connectivity index (χ2v) is 6.14. The van der Waals surface area contributed by atoms with Gasteiger partial charge in [0.1, 0.15) is 0 Å². The Morgan fingerprint density at radius 1 is 1.14 bits per heavy atom. The number of hydrogen-bond donors (Lipinski definition) is 0. The van der Waals surface area contributed by atoms with E-state index in [2.05, 4.69) is 16.1 Å². The third-order valence-corrected chi connectivity index (χ3v) is 4.16. The summed E-state index contributed by atoms with van der Waals surface area (Å²) in [6.45, 7) is 5.62. The van der Waals surface area contributed by atoms with Crippen molar-refractivity contribution in [3.05, 3.63) is 47.3 Å². The van der Waals surface area contributed by atoms with Gasteiger partial charge in [-0.2, -0.15) is 5.10 Å². The molecule has 0 unspecified atom stereocenters. The second kappa shape index (κ2) is 5.80. The Hall–Kier alpha value is -1.75. The first-order valence-electron chi connectivity index (χ1n) is 7.66. The lowest BCUT2D eigenvalue weighted by Crippen LogP contribution is -2.38. The number of alkyl halides is 2. The van der Waals surface area contributed by atoms with E-state index in [9.17, 15) is 8.78 Å². The maximum Gasteiger partial charge on any atom is 0.250 e. The minimum atomic E-state index is -2.48. The van der Waals surface area contributed by atoms with Gasteiger partial charge < -0.3 is 0 Å². The molecule has 0 bridgehead atoms. The van der Waals surface area contributed by atoms with Crippen molar-refractivity contribution in [2.45, 2.75) is 39.2 Å². The Kier molecular flexibility index (Phi) is 4.00. The van der Waals surface area contributed by atoms with Crippen molar-refractivity contribution >= 4 is 0 Å². The van der Waals surface area contributed by atoms with Crippen LogP contribution in [0, 0.1) is 13.8 Å². The van der Waals surface area contributed by atoms with Gasteiger partial charge in [-0.1, -0.05) is 12.1 Å². The third kappa shape index (κ3) is 3.35. The first kappa shape index (κ1) is 15.2. The number of rotatable bonds is 3. The molecule has 118 valence electrons. The molecular formula is C17H21F2N3. The summed E-state index contributed by atoms with van der Waals surface area (Å²) >= 11 is 0. The monoisotopic (exact) mass is 305 g/mol. The highest BCUT2D eigenvalue weighted by atomic mass is 19.3. The van der Waals surface area contributed by atoms with Crippen molar-refractivity contribution in [3.8, 4) is 5.69 Å². The molecule has 0 N–H and O–H groups in total. The summed E-state index contributed by atoms with van der Waals surface area (Å²) in [5, 5.41) is 4.49. The van der Waals surface area contributed by atoms with Gasteiger partial charge in [-0.3, -0.25) is 4.90 Å². The molecule has 0 amide bonds. The van der Waals surface area contributed by atoms with E-state index >= 15 is 0 Å². The molecule has 0 saturated carbocycles. The number of hydrogen-bond acceptors (Lipinski definition) is 2. The van der Waals surface area contributed by atoms with Gasteiger partial charge in [0.15, 0.2) is 0 Å². The second-order valence-electron chi connectivity index (χ2n) is 6.14. The lowest BCUT2D eigenvalue weighted by molar-refractivity contribution is -0.0566. The standard InChI is InChI=1S/C17H21F2N3/c1-13-10-14(2)22(20-13)16-5-3-4-15(11-16)12-21-8-6-17(18,19)7-9-21/h3-5,10-11H,6-9,12H2,1-2H3. The SMILES string of the molecule is Cc1cc(C)n(-c2cccc(CN3CCC(F)(F)CC3)c2)n1. The minimum absolute atomic E-state index is 0.0375. The van der Waals surface area contributed by atoms with Crippen LogP contribution in [0.15, 0.2) is 30.3 Å². The van der Waals surface area contributed by atoms with Gasteiger partial charge in [0.25, 0.3) is 5.92 Å². The maximum absolute atomic E-state index is 13.2. The van der Waals surface area contributed by atoms with Crippen LogP contribution in [0.25, 0.3) is 5.69 Å². The molecule has 0 atom stereocenters. The first-order valence-corrected chi connectivity index (χ1v) is 7.66. The van der Waals surface area contributed by atoms with Crippen LogP contribution in [0.2, 0.25) is 0 Å². The fourth-order valence-electron chi connectivity index (χ4n) is 2.97. The molecule has 1 aliphatic rings. The first-order chi connectivity index (χ1) is 10.4. The van der Waals surface area contributed by atoms with Crippen molar-refractivity contribution in [1.82, 2.24) is 14.7 Å². The molecular weight excluding hydrogens is 284 g/mol. The van der Waals surface area contributed by atoms with E-state index in [0.717, 1.165) is 22.6 Å². The predicted octanol–water partition coefficient (Wildman–Crippen LogP) is 3.72. The number of nitrogens with zero attached hydrogens (tertiary/aromatic N) is 3. The van der Waals surface area contributed by atoms with Crippen molar-refractivity contribution < 1.29 is 8.78 Å². The van der Waals surface area contributed by atoms with Gasteiger partial charge in [-0.05, 0) is 37.6 Å². The summed E-state index contributed by atoms with van der Waals surface area (Å²) in [5.74, 6) is -2.48. The third-order valence-electron chi connectivity index (χ3n) is 4.16. The smallest absolute Gasteiger partial charge is 0.250 e. The van der Waals surface area contributed by atoms with E-state index in [4.69, 9.17) is 0 Å². The van der Waals surface area contributed by atoms with Crippen molar-refractivity contribution in [3.63, 3.8) is 0 Å². The van der Waals surface area contributed by atoms with E-state index in [1.54, 1.807) is 0 Å². The zero-order valence-electron chi connectivity index (χ0n) is 13.0. The molecule has 0 radical (unpaired) electrons. The molecule has 22 heavy (non-hydrogen) atoms. The quantitative estimate of drug-likeness (QED) is 0.862. The fourth-order valence-corrected chi connectivity index (χ4v) is 2.97. The molecule has 1 saturated heterocycles. The Bertz CT molecular complexity index is 654. The molecule has 1 fully saturated rings. The van der Waals surface area contributed by atoms with E-state index < -0.39 is 5.92 Å². The number of likely N-dealkylation sites (tertiary alicyclic amines) is 1. The Morgan fingerprint density at radius 2 is 1.86 bits per heavy atom. The summed E-state index contributed by atoms with van der Waals surface area (Å²) in [4.78, 5) is 2.09. The molecule has 5 heteroatoms. The molecule has 3 nitrogen and oxygen atoms in total. The van der Waals surface area contributed by atoms with E-state index in [1.165, 1.54) is 0 Å². The molecule has 1 aromatic carbocycles. The van der Waals surface area contributed by atoms with Gasteiger partial charge in [-0.25, -0.2) is 13.5 Å². The average molecular weight is 305 g/mol. The van der Waals surface area contributed by atoms with Gasteiger partial charge in [0, 0.05) is 38.2 Å². The van der Waals surface area contributed by atoms with Crippen LogP contribution in [0.1, 0.15) is 29.8 Å². The van der Waals surface area contributed by atoms with Gasteiger partial charge in [-0.15, -0.1) is 0 Å². The largest absolute Gasteiger partial charge is 0.299 e. The number of benzene rings is 1. The van der Waals surface area contributed by atoms with Crippen molar-refractivity contribution in [2.24, 2.45) is 0 Å². The predicted molar refractivity (Wildman–Crippen MR) is 82.5 cm³/mol. The Balaban J connectivity index is 1.73. The van der Waals surface area contributed by atoms with Crippen molar-refractivity contribution in [2.75, 3.05) is 13.1 Å². The van der Waals surface area contributed by atoms with E-state index in [-0.39, 0.29) is 12.8 Å². The van der Waals surface area contributed by atoms with Crippen LogP contribution >= 0.6 is 0 Å². The zero-order chi connectivity index (χ0) is 15.7. The van der Waals surface area contributed by atoms with Crippen LogP contribution in [-0.2, 0) is 6.54 Å². The summed E-state index contributed by atoms with van der Waals surface area (Å²) < 4.78 is 28.3. The molecule has 3 rings (SSSR count). The Morgan fingerprint density at radius 3 is 2.50 bits per heavy atom. The molecule has 0 aliphatic carbocycles. The van der Waals surface area contributed by atoms with Gasteiger partial charge in [0.2, 0.25) is 0 Å². The lowest BCUT2D eigenvalue weighted by Gasteiger charge is -2.31. The van der Waals surface area contributed by atoms with Crippen LogP contribution in [0.4, 0.5) is 8.78 Å².